The number of benzene rings is 1. The van der Waals surface area contributed by atoms with E-state index in [0.29, 0.717) is 45.4 Å². The van der Waals surface area contributed by atoms with E-state index in [2.05, 4.69) is 5.32 Å². The number of nitrogens with zero attached hydrogens (tertiary/aromatic N) is 2. The second-order valence-corrected chi connectivity index (χ2v) is 7.12. The van der Waals surface area contributed by atoms with Gasteiger partial charge in [0, 0.05) is 45.6 Å². The molecule has 0 aromatic heterocycles. The van der Waals surface area contributed by atoms with Crippen molar-refractivity contribution in [2.24, 2.45) is 5.92 Å². The first-order chi connectivity index (χ1) is 13.1. The Kier molecular flexibility index (Phi) is 6.45. The van der Waals surface area contributed by atoms with E-state index in [1.165, 1.54) is 7.11 Å². The van der Waals surface area contributed by atoms with Crippen molar-refractivity contribution < 1.29 is 19.1 Å². The predicted molar refractivity (Wildman–Crippen MR) is 99.8 cm³/mol. The van der Waals surface area contributed by atoms with Crippen molar-refractivity contribution >= 4 is 17.7 Å². The Labute approximate surface area is 159 Å². The molecule has 0 radical (unpaired) electrons. The molecular weight excluding hydrogens is 346 g/mol. The number of ether oxygens (including phenoxy) is 1. The van der Waals surface area contributed by atoms with Crippen molar-refractivity contribution in [1.82, 2.24) is 15.1 Å². The first-order valence-electron chi connectivity index (χ1n) is 9.49. The van der Waals surface area contributed by atoms with Gasteiger partial charge in [-0.15, -0.1) is 0 Å². The molecule has 0 unspecified atom stereocenters. The standard InChI is InChI=1S/C20H27N3O4/c1-27-14-18(24)22-10-7-16(8-11-22)20(26)23-12-9-21-19(25)17(23)13-15-5-3-2-4-6-15/h2-6,16-17H,7-14H2,1H3,(H,21,25)/t17-/m0/s1. The van der Waals surface area contributed by atoms with Gasteiger partial charge in [0.05, 0.1) is 0 Å². The highest BCUT2D eigenvalue weighted by molar-refractivity contribution is 5.90. The summed E-state index contributed by atoms with van der Waals surface area (Å²) in [5.74, 6) is -0.237. The summed E-state index contributed by atoms with van der Waals surface area (Å²) >= 11 is 0. The van der Waals surface area contributed by atoms with Crippen LogP contribution < -0.4 is 5.32 Å². The molecule has 1 aromatic rings. The molecule has 27 heavy (non-hydrogen) atoms. The number of methoxy groups -OCH3 is 1. The van der Waals surface area contributed by atoms with Gasteiger partial charge in [-0.05, 0) is 18.4 Å². The zero-order valence-corrected chi connectivity index (χ0v) is 15.7. The molecule has 0 spiro atoms. The molecule has 2 aliphatic heterocycles. The number of nitrogens with one attached hydrogen (secondary N) is 1. The van der Waals surface area contributed by atoms with E-state index in [0.717, 1.165) is 5.56 Å². The zero-order valence-electron chi connectivity index (χ0n) is 15.7. The van der Waals surface area contributed by atoms with Crippen LogP contribution in [0.5, 0.6) is 0 Å². The number of carbonyl (C=O) groups is 3. The minimum Gasteiger partial charge on any atom is -0.375 e. The summed E-state index contributed by atoms with van der Waals surface area (Å²) in [4.78, 5) is 41.0. The molecule has 146 valence electrons. The summed E-state index contributed by atoms with van der Waals surface area (Å²) in [7, 11) is 1.50. The van der Waals surface area contributed by atoms with Crippen LogP contribution in [-0.2, 0) is 25.5 Å². The third kappa shape index (κ3) is 4.66. The number of hydrogen-bond acceptors (Lipinski definition) is 4. The quantitative estimate of drug-likeness (QED) is 0.812. The number of piperidine rings is 1. The molecule has 2 fully saturated rings. The second-order valence-electron chi connectivity index (χ2n) is 7.12. The molecular formula is C20H27N3O4. The average molecular weight is 373 g/mol. The minimum atomic E-state index is -0.471. The van der Waals surface area contributed by atoms with Gasteiger partial charge < -0.3 is 19.9 Å². The monoisotopic (exact) mass is 373 g/mol. The summed E-state index contributed by atoms with van der Waals surface area (Å²) in [5, 5.41) is 2.88. The highest BCUT2D eigenvalue weighted by Crippen LogP contribution is 2.23. The third-order valence-corrected chi connectivity index (χ3v) is 5.35. The molecule has 2 aliphatic rings. The topological polar surface area (TPSA) is 79.0 Å². The fourth-order valence-corrected chi connectivity index (χ4v) is 3.84. The van der Waals surface area contributed by atoms with E-state index in [9.17, 15) is 14.4 Å². The number of carbonyl (C=O) groups excluding carboxylic acids is 3. The van der Waals surface area contributed by atoms with Crippen LogP contribution in [0.15, 0.2) is 30.3 Å². The Morgan fingerprint density at radius 3 is 2.52 bits per heavy atom. The van der Waals surface area contributed by atoms with Crippen LogP contribution in [0, 0.1) is 5.92 Å². The Bertz CT molecular complexity index is 671. The van der Waals surface area contributed by atoms with Crippen LogP contribution in [0.4, 0.5) is 0 Å². The first kappa shape index (κ1) is 19.4. The van der Waals surface area contributed by atoms with Crippen LogP contribution >= 0.6 is 0 Å². The van der Waals surface area contributed by atoms with Gasteiger partial charge in [0.1, 0.15) is 12.6 Å². The molecule has 7 heteroatoms. The van der Waals surface area contributed by atoms with Crippen molar-refractivity contribution in [1.29, 1.82) is 0 Å². The summed E-state index contributed by atoms with van der Waals surface area (Å²) in [6, 6.07) is 9.30. The number of piperazine rings is 1. The van der Waals surface area contributed by atoms with Gasteiger partial charge >= 0.3 is 0 Å². The molecule has 0 saturated carbocycles. The van der Waals surface area contributed by atoms with Crippen LogP contribution in [0.3, 0.4) is 0 Å². The number of likely N-dealkylation sites (tertiary alicyclic amines) is 1. The lowest BCUT2D eigenvalue weighted by Crippen LogP contribution is -2.59. The maximum absolute atomic E-state index is 13.1. The molecule has 0 bridgehead atoms. The summed E-state index contributed by atoms with van der Waals surface area (Å²) in [6.45, 7) is 2.21. The smallest absolute Gasteiger partial charge is 0.248 e. The maximum Gasteiger partial charge on any atom is 0.248 e. The van der Waals surface area contributed by atoms with Crippen molar-refractivity contribution in [3.63, 3.8) is 0 Å². The van der Waals surface area contributed by atoms with E-state index < -0.39 is 6.04 Å². The molecule has 1 N–H and O–H groups in total. The van der Waals surface area contributed by atoms with Crippen molar-refractivity contribution in [3.8, 4) is 0 Å². The molecule has 2 saturated heterocycles. The zero-order chi connectivity index (χ0) is 19.2. The molecule has 1 atom stereocenters. The second kappa shape index (κ2) is 8.99. The molecule has 2 heterocycles. The van der Waals surface area contributed by atoms with E-state index in [4.69, 9.17) is 4.74 Å². The maximum atomic E-state index is 13.1. The SMILES string of the molecule is COCC(=O)N1CCC(C(=O)N2CCNC(=O)[C@@H]2Cc2ccccc2)CC1. The van der Waals surface area contributed by atoms with Crippen LogP contribution in [0.1, 0.15) is 18.4 Å². The van der Waals surface area contributed by atoms with Crippen molar-refractivity contribution in [2.45, 2.75) is 25.3 Å². The molecule has 0 aliphatic carbocycles. The van der Waals surface area contributed by atoms with Gasteiger partial charge in [-0.2, -0.15) is 0 Å². The van der Waals surface area contributed by atoms with Gasteiger partial charge in [-0.1, -0.05) is 30.3 Å². The van der Waals surface area contributed by atoms with Gasteiger partial charge in [0.15, 0.2) is 0 Å². The molecule has 3 rings (SSSR count). The Morgan fingerprint density at radius 2 is 1.85 bits per heavy atom. The lowest BCUT2D eigenvalue weighted by atomic mass is 9.93. The fourth-order valence-electron chi connectivity index (χ4n) is 3.84. The normalized spacial score (nSPS) is 21.1. The summed E-state index contributed by atoms with van der Waals surface area (Å²) in [5.41, 5.74) is 1.04. The molecule has 3 amide bonds. The van der Waals surface area contributed by atoms with Gasteiger partial charge in [-0.25, -0.2) is 0 Å². The fraction of sp³-hybridized carbons (Fsp3) is 0.550. The number of amides is 3. The summed E-state index contributed by atoms with van der Waals surface area (Å²) in [6.07, 6.45) is 1.78. The van der Waals surface area contributed by atoms with E-state index in [-0.39, 0.29) is 30.2 Å². The van der Waals surface area contributed by atoms with Gasteiger partial charge in [-0.3, -0.25) is 14.4 Å². The van der Waals surface area contributed by atoms with E-state index in [1.807, 2.05) is 30.3 Å². The Balaban J connectivity index is 1.63. The minimum absolute atomic E-state index is 0.0321. The number of hydrogen-bond donors (Lipinski definition) is 1. The van der Waals surface area contributed by atoms with E-state index in [1.54, 1.807) is 9.80 Å². The molecule has 7 nitrogen and oxygen atoms in total. The predicted octanol–water partition coefficient (Wildman–Crippen LogP) is 0.441. The molecule has 1 aromatic carbocycles. The van der Waals surface area contributed by atoms with Crippen LogP contribution in [0.2, 0.25) is 0 Å². The van der Waals surface area contributed by atoms with Crippen molar-refractivity contribution in [3.05, 3.63) is 35.9 Å². The highest BCUT2D eigenvalue weighted by atomic mass is 16.5. The highest BCUT2D eigenvalue weighted by Gasteiger charge is 2.37. The van der Waals surface area contributed by atoms with Gasteiger partial charge in [0.25, 0.3) is 0 Å². The number of rotatable bonds is 5. The van der Waals surface area contributed by atoms with Gasteiger partial charge in [0.2, 0.25) is 17.7 Å². The van der Waals surface area contributed by atoms with E-state index >= 15 is 0 Å². The van der Waals surface area contributed by atoms with Crippen LogP contribution in [-0.4, -0.2) is 73.5 Å². The summed E-state index contributed by atoms with van der Waals surface area (Å²) < 4.78 is 4.90. The lowest BCUT2D eigenvalue weighted by Gasteiger charge is -2.39. The van der Waals surface area contributed by atoms with Crippen molar-refractivity contribution in [2.75, 3.05) is 39.9 Å². The Hall–Kier alpha value is -2.41. The lowest BCUT2D eigenvalue weighted by molar-refractivity contribution is -0.148. The average Bonchev–Trinajstić information content (AvgIpc) is 2.70. The Morgan fingerprint density at radius 1 is 1.15 bits per heavy atom. The largest absolute Gasteiger partial charge is 0.375 e. The third-order valence-electron chi connectivity index (χ3n) is 5.35. The van der Waals surface area contributed by atoms with Crippen LogP contribution in [0.25, 0.3) is 0 Å². The first-order valence-corrected chi connectivity index (χ1v) is 9.49.